The highest BCUT2D eigenvalue weighted by Gasteiger charge is 2.20. The molecular formula is C17H27NO2. The number of rotatable bonds is 6. The lowest BCUT2D eigenvalue weighted by Gasteiger charge is -2.33. The number of piperidine rings is 1. The molecule has 0 bridgehead atoms. The number of aliphatic hydroxyl groups is 1. The average Bonchev–Trinajstić information content (AvgIpc) is 2.46. The van der Waals surface area contributed by atoms with E-state index in [0.717, 1.165) is 31.1 Å². The van der Waals surface area contributed by atoms with Crippen molar-refractivity contribution >= 4 is 0 Å². The topological polar surface area (TPSA) is 32.7 Å². The molecule has 0 spiro atoms. The highest BCUT2D eigenvalue weighted by atomic mass is 16.5. The van der Waals surface area contributed by atoms with Crippen LogP contribution in [0.4, 0.5) is 0 Å². The van der Waals surface area contributed by atoms with Crippen LogP contribution in [0.1, 0.15) is 38.2 Å². The molecule has 1 aromatic rings. The molecule has 3 heteroatoms. The molecular weight excluding hydrogens is 250 g/mol. The summed E-state index contributed by atoms with van der Waals surface area (Å²) >= 11 is 0. The molecule has 1 fully saturated rings. The van der Waals surface area contributed by atoms with E-state index in [4.69, 9.17) is 4.74 Å². The number of ether oxygens (including phenoxy) is 1. The normalized spacial score (nSPS) is 21.6. The predicted octanol–water partition coefficient (Wildman–Crippen LogP) is 3.07. The molecule has 0 radical (unpaired) electrons. The van der Waals surface area contributed by atoms with Crippen molar-refractivity contribution in [3.05, 3.63) is 29.8 Å². The summed E-state index contributed by atoms with van der Waals surface area (Å²) in [5.41, 5.74) is 1.35. The molecule has 2 unspecified atom stereocenters. The second-order valence-electron chi connectivity index (χ2n) is 6.02. The van der Waals surface area contributed by atoms with Crippen molar-refractivity contribution in [2.45, 2.75) is 45.3 Å². The van der Waals surface area contributed by atoms with E-state index in [2.05, 4.69) is 17.0 Å². The first kappa shape index (κ1) is 15.3. The van der Waals surface area contributed by atoms with Crippen molar-refractivity contribution in [3.63, 3.8) is 0 Å². The van der Waals surface area contributed by atoms with Crippen LogP contribution in [0.3, 0.4) is 0 Å². The number of aliphatic hydroxyl groups excluding tert-OH is 1. The molecule has 0 aliphatic carbocycles. The predicted molar refractivity (Wildman–Crippen MR) is 81.9 cm³/mol. The van der Waals surface area contributed by atoms with E-state index < -0.39 is 0 Å². The van der Waals surface area contributed by atoms with E-state index >= 15 is 0 Å². The van der Waals surface area contributed by atoms with Gasteiger partial charge in [0.25, 0.3) is 0 Å². The van der Waals surface area contributed by atoms with Crippen molar-refractivity contribution < 1.29 is 9.84 Å². The van der Waals surface area contributed by atoms with Crippen LogP contribution in [0.25, 0.3) is 0 Å². The van der Waals surface area contributed by atoms with Gasteiger partial charge in [0, 0.05) is 13.1 Å². The molecule has 20 heavy (non-hydrogen) atoms. The highest BCUT2D eigenvalue weighted by Crippen LogP contribution is 2.23. The fourth-order valence-corrected chi connectivity index (χ4v) is 3.00. The minimum atomic E-state index is -0.160. The molecule has 1 saturated heterocycles. The van der Waals surface area contributed by atoms with Gasteiger partial charge in [-0.25, -0.2) is 0 Å². The van der Waals surface area contributed by atoms with Gasteiger partial charge in [-0.2, -0.15) is 0 Å². The van der Waals surface area contributed by atoms with Crippen LogP contribution < -0.4 is 4.74 Å². The van der Waals surface area contributed by atoms with Gasteiger partial charge in [-0.3, -0.25) is 4.90 Å². The lowest BCUT2D eigenvalue weighted by Crippen LogP contribution is -2.35. The lowest BCUT2D eigenvalue weighted by molar-refractivity contribution is 0.133. The number of hydrogen-bond donors (Lipinski definition) is 1. The first-order valence-corrected chi connectivity index (χ1v) is 7.70. The fraction of sp³-hybridized carbons (Fsp3) is 0.647. The Kier molecular flexibility index (Phi) is 5.86. The van der Waals surface area contributed by atoms with E-state index in [-0.39, 0.29) is 6.10 Å². The second kappa shape index (κ2) is 7.65. The third-order valence-electron chi connectivity index (χ3n) is 4.16. The van der Waals surface area contributed by atoms with E-state index in [1.165, 1.54) is 31.5 Å². The Morgan fingerprint density at radius 2 is 2.10 bits per heavy atom. The third kappa shape index (κ3) is 4.80. The summed E-state index contributed by atoms with van der Waals surface area (Å²) in [6, 6.07) is 8.37. The van der Waals surface area contributed by atoms with Gasteiger partial charge >= 0.3 is 0 Å². The number of nitrogens with zero attached hydrogens (tertiary/aromatic N) is 1. The van der Waals surface area contributed by atoms with Gasteiger partial charge in [0.1, 0.15) is 5.75 Å². The minimum absolute atomic E-state index is 0.160. The van der Waals surface area contributed by atoms with Crippen molar-refractivity contribution in [2.24, 2.45) is 5.92 Å². The fourth-order valence-electron chi connectivity index (χ4n) is 3.00. The number of benzene rings is 1. The monoisotopic (exact) mass is 277 g/mol. The Labute approximate surface area is 122 Å². The average molecular weight is 277 g/mol. The maximum atomic E-state index is 9.41. The summed E-state index contributed by atoms with van der Waals surface area (Å²) in [7, 11) is 1.70. The van der Waals surface area contributed by atoms with Gasteiger partial charge < -0.3 is 9.84 Å². The largest absolute Gasteiger partial charge is 0.497 e. The summed E-state index contributed by atoms with van der Waals surface area (Å²) in [6.07, 6.45) is 4.51. The van der Waals surface area contributed by atoms with Gasteiger partial charge in [0.15, 0.2) is 0 Å². The third-order valence-corrected chi connectivity index (χ3v) is 4.16. The molecule has 1 N–H and O–H groups in total. The molecule has 1 aliphatic rings. The Morgan fingerprint density at radius 3 is 2.75 bits per heavy atom. The molecule has 0 amide bonds. The lowest BCUT2D eigenvalue weighted by atomic mass is 9.92. The van der Waals surface area contributed by atoms with Crippen LogP contribution in [0.5, 0.6) is 5.75 Å². The summed E-state index contributed by atoms with van der Waals surface area (Å²) in [5.74, 6) is 1.67. The van der Waals surface area contributed by atoms with E-state index in [1.54, 1.807) is 7.11 Å². The first-order chi connectivity index (χ1) is 9.67. The van der Waals surface area contributed by atoms with Gasteiger partial charge in [0.05, 0.1) is 13.2 Å². The molecule has 3 nitrogen and oxygen atoms in total. The van der Waals surface area contributed by atoms with Crippen molar-refractivity contribution in [1.82, 2.24) is 4.90 Å². The van der Waals surface area contributed by atoms with Gasteiger partial charge in [0.2, 0.25) is 0 Å². The SMILES string of the molecule is COc1ccc(CN2CCCC(CCC(C)O)C2)cc1. The highest BCUT2D eigenvalue weighted by molar-refractivity contribution is 5.27. The summed E-state index contributed by atoms with van der Waals surface area (Å²) < 4.78 is 5.19. The minimum Gasteiger partial charge on any atom is -0.497 e. The molecule has 2 atom stereocenters. The van der Waals surface area contributed by atoms with Crippen molar-refractivity contribution in [1.29, 1.82) is 0 Å². The Morgan fingerprint density at radius 1 is 1.35 bits per heavy atom. The quantitative estimate of drug-likeness (QED) is 0.867. The smallest absolute Gasteiger partial charge is 0.118 e. The van der Waals surface area contributed by atoms with Crippen LogP contribution in [-0.2, 0) is 6.54 Å². The summed E-state index contributed by atoms with van der Waals surface area (Å²) in [5, 5.41) is 9.41. The van der Waals surface area contributed by atoms with Gasteiger partial charge in [-0.05, 0) is 62.8 Å². The zero-order valence-corrected chi connectivity index (χ0v) is 12.7. The van der Waals surface area contributed by atoms with Crippen LogP contribution in [0.2, 0.25) is 0 Å². The molecule has 1 aliphatic heterocycles. The molecule has 0 saturated carbocycles. The van der Waals surface area contributed by atoms with Crippen molar-refractivity contribution in [2.75, 3.05) is 20.2 Å². The number of hydrogen-bond acceptors (Lipinski definition) is 3. The van der Waals surface area contributed by atoms with Gasteiger partial charge in [-0.1, -0.05) is 12.1 Å². The molecule has 2 rings (SSSR count). The van der Waals surface area contributed by atoms with Crippen LogP contribution in [-0.4, -0.2) is 36.3 Å². The molecule has 1 heterocycles. The Hall–Kier alpha value is -1.06. The second-order valence-corrected chi connectivity index (χ2v) is 6.02. The summed E-state index contributed by atoms with van der Waals surface area (Å²) in [6.45, 7) is 5.27. The molecule has 112 valence electrons. The van der Waals surface area contributed by atoms with Crippen LogP contribution in [0, 0.1) is 5.92 Å². The zero-order valence-electron chi connectivity index (χ0n) is 12.7. The van der Waals surface area contributed by atoms with Crippen LogP contribution >= 0.6 is 0 Å². The number of methoxy groups -OCH3 is 1. The van der Waals surface area contributed by atoms with Crippen molar-refractivity contribution in [3.8, 4) is 5.75 Å². The van der Waals surface area contributed by atoms with E-state index in [0.29, 0.717) is 0 Å². The Balaban J connectivity index is 1.82. The summed E-state index contributed by atoms with van der Waals surface area (Å²) in [4.78, 5) is 2.54. The molecule has 1 aromatic carbocycles. The zero-order chi connectivity index (χ0) is 14.4. The van der Waals surface area contributed by atoms with Gasteiger partial charge in [-0.15, -0.1) is 0 Å². The maximum Gasteiger partial charge on any atom is 0.118 e. The standard InChI is InChI=1S/C17H27NO2/c1-14(19)5-6-15-4-3-11-18(12-15)13-16-7-9-17(20-2)10-8-16/h7-10,14-15,19H,3-6,11-13H2,1-2H3. The van der Waals surface area contributed by atoms with Crippen LogP contribution in [0.15, 0.2) is 24.3 Å². The maximum absolute atomic E-state index is 9.41. The Bertz CT molecular complexity index is 388. The van der Waals surface area contributed by atoms with E-state index in [9.17, 15) is 5.11 Å². The van der Waals surface area contributed by atoms with E-state index in [1.807, 2.05) is 19.1 Å². The first-order valence-electron chi connectivity index (χ1n) is 7.70. The number of likely N-dealkylation sites (tertiary alicyclic amines) is 1. The molecule has 0 aromatic heterocycles.